The Morgan fingerprint density at radius 1 is 1.15 bits per heavy atom. The summed E-state index contributed by atoms with van der Waals surface area (Å²) < 4.78 is 15.1. The van der Waals surface area contributed by atoms with Gasteiger partial charge in [-0.3, -0.25) is 19.1 Å². The van der Waals surface area contributed by atoms with Crippen molar-refractivity contribution in [2.75, 3.05) is 17.2 Å². The molecule has 34 heavy (non-hydrogen) atoms. The van der Waals surface area contributed by atoms with Crippen LogP contribution in [0.15, 0.2) is 58.1 Å². The van der Waals surface area contributed by atoms with Gasteiger partial charge in [0.25, 0.3) is 5.56 Å². The maximum Gasteiger partial charge on any atom is 0.330 e. The fraction of sp³-hybridized carbons (Fsp3) is 0.320. The van der Waals surface area contributed by atoms with E-state index in [9.17, 15) is 18.8 Å². The number of amides is 1. The normalized spacial score (nSPS) is 10.8. The number of carbonyl (C=O) groups excluding carboxylic acids is 1. The average molecular weight is 468 g/mol. The first-order valence-electron chi connectivity index (χ1n) is 11.2. The number of nitrogens with one attached hydrogen (secondary N) is 2. The van der Waals surface area contributed by atoms with Gasteiger partial charge in [-0.05, 0) is 36.1 Å². The number of rotatable bonds is 10. The van der Waals surface area contributed by atoms with E-state index in [2.05, 4.69) is 10.3 Å². The third-order valence-corrected chi connectivity index (χ3v) is 5.54. The SMILES string of the molecule is CCCCn1c(N)c(N(CC(=O)NCc2ccc(C)c(F)c2)Cc2ccccc2)c(=O)[nH]c1=O. The highest BCUT2D eigenvalue weighted by molar-refractivity contribution is 5.82. The summed E-state index contributed by atoms with van der Waals surface area (Å²) in [5.74, 6) is -0.695. The Balaban J connectivity index is 1.88. The number of nitrogens with zero attached hydrogens (tertiary/aromatic N) is 2. The Morgan fingerprint density at radius 3 is 2.56 bits per heavy atom. The molecule has 8 nitrogen and oxygen atoms in total. The summed E-state index contributed by atoms with van der Waals surface area (Å²) in [7, 11) is 0. The Labute approximate surface area is 197 Å². The number of aromatic amines is 1. The van der Waals surface area contributed by atoms with Crippen LogP contribution < -0.4 is 27.2 Å². The van der Waals surface area contributed by atoms with E-state index in [-0.39, 0.29) is 42.9 Å². The topological polar surface area (TPSA) is 113 Å². The number of benzene rings is 2. The number of nitrogens with two attached hydrogens (primary N) is 1. The molecule has 180 valence electrons. The van der Waals surface area contributed by atoms with Gasteiger partial charge in [-0.25, -0.2) is 9.18 Å². The molecule has 0 radical (unpaired) electrons. The van der Waals surface area contributed by atoms with Crippen LogP contribution in [0.1, 0.15) is 36.5 Å². The molecule has 1 amide bonds. The van der Waals surface area contributed by atoms with Crippen LogP contribution >= 0.6 is 0 Å². The first-order valence-corrected chi connectivity index (χ1v) is 11.2. The van der Waals surface area contributed by atoms with Crippen LogP contribution in [0.25, 0.3) is 0 Å². The van der Waals surface area contributed by atoms with Crippen molar-refractivity contribution in [2.45, 2.75) is 46.3 Å². The second-order valence-electron chi connectivity index (χ2n) is 8.20. The van der Waals surface area contributed by atoms with E-state index < -0.39 is 11.2 Å². The van der Waals surface area contributed by atoms with E-state index in [0.29, 0.717) is 24.1 Å². The molecule has 0 aliphatic rings. The van der Waals surface area contributed by atoms with Crippen LogP contribution in [-0.2, 0) is 24.4 Å². The lowest BCUT2D eigenvalue weighted by Gasteiger charge is -2.26. The van der Waals surface area contributed by atoms with Gasteiger partial charge in [0.2, 0.25) is 5.91 Å². The third-order valence-electron chi connectivity index (χ3n) is 5.54. The van der Waals surface area contributed by atoms with E-state index in [0.717, 1.165) is 12.0 Å². The van der Waals surface area contributed by atoms with Crippen LogP contribution in [0.5, 0.6) is 0 Å². The fourth-order valence-electron chi connectivity index (χ4n) is 3.62. The smallest absolute Gasteiger partial charge is 0.330 e. The maximum atomic E-state index is 13.8. The number of nitrogen functional groups attached to an aromatic ring is 1. The van der Waals surface area contributed by atoms with Crippen molar-refractivity contribution in [3.8, 4) is 0 Å². The highest BCUT2D eigenvalue weighted by Gasteiger charge is 2.21. The first-order chi connectivity index (χ1) is 16.3. The monoisotopic (exact) mass is 467 g/mol. The number of carbonyl (C=O) groups is 1. The van der Waals surface area contributed by atoms with Crippen LogP contribution in [0.3, 0.4) is 0 Å². The van der Waals surface area contributed by atoms with E-state index in [1.54, 1.807) is 24.0 Å². The van der Waals surface area contributed by atoms with Gasteiger partial charge < -0.3 is 16.0 Å². The third kappa shape index (κ3) is 6.12. The van der Waals surface area contributed by atoms with Crippen molar-refractivity contribution in [1.29, 1.82) is 0 Å². The quantitative estimate of drug-likeness (QED) is 0.424. The highest BCUT2D eigenvalue weighted by atomic mass is 19.1. The molecule has 2 aromatic carbocycles. The summed E-state index contributed by atoms with van der Waals surface area (Å²) in [6.45, 7) is 4.20. The number of halogens is 1. The molecule has 3 aromatic rings. The van der Waals surface area contributed by atoms with Gasteiger partial charge in [0.05, 0.1) is 6.54 Å². The first kappa shape index (κ1) is 24.8. The predicted octanol–water partition coefficient (Wildman–Crippen LogP) is 2.69. The Hall–Kier alpha value is -3.88. The summed E-state index contributed by atoms with van der Waals surface area (Å²) >= 11 is 0. The average Bonchev–Trinajstić information content (AvgIpc) is 2.80. The predicted molar refractivity (Wildman–Crippen MR) is 131 cm³/mol. The lowest BCUT2D eigenvalue weighted by atomic mass is 10.1. The van der Waals surface area contributed by atoms with Gasteiger partial charge in [-0.2, -0.15) is 0 Å². The number of anilines is 2. The van der Waals surface area contributed by atoms with Crippen molar-refractivity contribution >= 4 is 17.4 Å². The zero-order valence-corrected chi connectivity index (χ0v) is 19.4. The number of H-pyrrole nitrogens is 1. The molecule has 0 fully saturated rings. The summed E-state index contributed by atoms with van der Waals surface area (Å²) in [5, 5.41) is 2.76. The fourth-order valence-corrected chi connectivity index (χ4v) is 3.62. The molecule has 0 bridgehead atoms. The number of aryl methyl sites for hydroxylation is 1. The largest absolute Gasteiger partial charge is 0.383 e. The van der Waals surface area contributed by atoms with Crippen LogP contribution in [0.4, 0.5) is 15.9 Å². The number of hydrogen-bond donors (Lipinski definition) is 3. The molecular formula is C25H30FN5O3. The Kier molecular flexibility index (Phi) is 8.24. The molecule has 0 aliphatic carbocycles. The molecule has 0 unspecified atom stereocenters. The van der Waals surface area contributed by atoms with Crippen LogP contribution in [0.2, 0.25) is 0 Å². The van der Waals surface area contributed by atoms with Crippen molar-refractivity contribution in [1.82, 2.24) is 14.9 Å². The van der Waals surface area contributed by atoms with Gasteiger partial charge in [0, 0.05) is 19.6 Å². The van der Waals surface area contributed by atoms with E-state index in [1.807, 2.05) is 37.3 Å². The molecule has 0 atom stereocenters. The minimum absolute atomic E-state index is 0.0199. The second-order valence-corrected chi connectivity index (χ2v) is 8.20. The van der Waals surface area contributed by atoms with E-state index >= 15 is 0 Å². The summed E-state index contributed by atoms with van der Waals surface area (Å²) in [6, 6.07) is 14.1. The Morgan fingerprint density at radius 2 is 1.88 bits per heavy atom. The van der Waals surface area contributed by atoms with Crippen LogP contribution in [-0.4, -0.2) is 22.0 Å². The molecule has 0 spiro atoms. The molecule has 0 saturated carbocycles. The minimum atomic E-state index is -0.653. The number of aromatic nitrogens is 2. The maximum absolute atomic E-state index is 13.8. The molecule has 1 heterocycles. The summed E-state index contributed by atoms with van der Waals surface area (Å²) in [4.78, 5) is 41.8. The Bertz CT molecular complexity index is 1250. The van der Waals surface area contributed by atoms with Crippen molar-refractivity contribution < 1.29 is 9.18 Å². The molecule has 0 saturated heterocycles. The lowest BCUT2D eigenvalue weighted by Crippen LogP contribution is -2.42. The molecule has 9 heteroatoms. The van der Waals surface area contributed by atoms with Gasteiger partial charge in [-0.1, -0.05) is 55.8 Å². The standard InChI is InChI=1S/C25H30FN5O3/c1-3-4-12-31-23(27)22(24(33)29-25(31)34)30(15-18-8-6-5-7-9-18)16-21(32)28-14-19-11-10-17(2)20(26)13-19/h5-11,13H,3-4,12,14-16,27H2,1-2H3,(H,28,32)(H,29,33,34). The molecule has 3 rings (SSSR count). The summed E-state index contributed by atoms with van der Waals surface area (Å²) in [5.41, 5.74) is 7.12. The van der Waals surface area contributed by atoms with Crippen molar-refractivity contribution in [2.24, 2.45) is 0 Å². The zero-order chi connectivity index (χ0) is 24.7. The molecule has 1 aromatic heterocycles. The van der Waals surface area contributed by atoms with E-state index in [1.165, 1.54) is 10.6 Å². The van der Waals surface area contributed by atoms with Crippen molar-refractivity contribution in [3.63, 3.8) is 0 Å². The highest BCUT2D eigenvalue weighted by Crippen LogP contribution is 2.19. The zero-order valence-electron chi connectivity index (χ0n) is 19.4. The van der Waals surface area contributed by atoms with Gasteiger partial charge in [0.15, 0.2) is 0 Å². The number of unbranched alkanes of at least 4 members (excludes halogenated alkanes) is 1. The van der Waals surface area contributed by atoms with Gasteiger partial charge in [0.1, 0.15) is 17.3 Å². The van der Waals surface area contributed by atoms with Crippen LogP contribution in [0, 0.1) is 12.7 Å². The molecule has 4 N–H and O–H groups in total. The van der Waals surface area contributed by atoms with Gasteiger partial charge in [-0.15, -0.1) is 0 Å². The summed E-state index contributed by atoms with van der Waals surface area (Å²) in [6.07, 6.45) is 1.55. The lowest BCUT2D eigenvalue weighted by molar-refractivity contribution is -0.119. The number of hydrogen-bond acceptors (Lipinski definition) is 5. The minimum Gasteiger partial charge on any atom is -0.383 e. The van der Waals surface area contributed by atoms with Crippen molar-refractivity contribution in [3.05, 3.63) is 91.9 Å². The van der Waals surface area contributed by atoms with E-state index in [4.69, 9.17) is 5.73 Å². The second kappa shape index (κ2) is 11.3. The van der Waals surface area contributed by atoms with Gasteiger partial charge >= 0.3 is 5.69 Å². The molecular weight excluding hydrogens is 437 g/mol. The molecule has 0 aliphatic heterocycles.